The summed E-state index contributed by atoms with van der Waals surface area (Å²) in [5, 5.41) is 12.9. The van der Waals surface area contributed by atoms with Crippen LogP contribution in [0.15, 0.2) is 22.1 Å². The van der Waals surface area contributed by atoms with Crippen molar-refractivity contribution in [1.82, 2.24) is 10.3 Å². The molecule has 0 radical (unpaired) electrons. The molecule has 0 saturated heterocycles. The topological polar surface area (TPSA) is 61.9 Å². The van der Waals surface area contributed by atoms with Gasteiger partial charge in [0.1, 0.15) is 6.26 Å². The summed E-state index contributed by atoms with van der Waals surface area (Å²) in [4.78, 5) is 4.01. The molecule has 1 saturated carbocycles. The molecule has 1 aromatic heterocycles. The van der Waals surface area contributed by atoms with Crippen LogP contribution in [0.2, 0.25) is 0 Å². The highest BCUT2D eigenvalue weighted by atomic mass is 32.2. The average molecular weight is 223 g/mol. The van der Waals surface area contributed by atoms with Crippen molar-refractivity contribution in [2.24, 2.45) is 0 Å². The highest BCUT2D eigenvalue weighted by molar-refractivity contribution is 7.99. The van der Waals surface area contributed by atoms with Gasteiger partial charge in [0.25, 0.3) is 5.22 Å². The predicted molar refractivity (Wildman–Crippen MR) is 57.4 cm³/mol. The first kappa shape index (κ1) is 10.5. The number of hydrogen-bond donors (Lipinski definition) is 1. The van der Waals surface area contributed by atoms with Gasteiger partial charge >= 0.3 is 0 Å². The largest absolute Gasteiger partial charge is 0.440 e. The number of hydrogen-bond acceptors (Lipinski definition) is 5. The lowest BCUT2D eigenvalue weighted by Crippen LogP contribution is -2.29. The van der Waals surface area contributed by atoms with E-state index >= 15 is 0 Å². The number of nitrogens with zero attached hydrogens (tertiary/aromatic N) is 2. The maximum Gasteiger partial charge on any atom is 0.255 e. The van der Waals surface area contributed by atoms with Crippen LogP contribution < -0.4 is 5.32 Å². The molecule has 15 heavy (non-hydrogen) atoms. The van der Waals surface area contributed by atoms with Gasteiger partial charge in [0.15, 0.2) is 0 Å². The SMILES string of the molecule is N#CC(CCSc1ncco1)NC1CC1. The van der Waals surface area contributed by atoms with Crippen LogP contribution in [-0.4, -0.2) is 22.8 Å². The summed E-state index contributed by atoms with van der Waals surface area (Å²) in [6.07, 6.45) is 6.45. The van der Waals surface area contributed by atoms with Gasteiger partial charge in [0, 0.05) is 11.8 Å². The van der Waals surface area contributed by atoms with Gasteiger partial charge in [0.05, 0.1) is 18.3 Å². The van der Waals surface area contributed by atoms with Crippen molar-refractivity contribution in [3.8, 4) is 6.07 Å². The molecular weight excluding hydrogens is 210 g/mol. The van der Waals surface area contributed by atoms with Gasteiger partial charge in [-0.15, -0.1) is 0 Å². The van der Waals surface area contributed by atoms with Gasteiger partial charge in [-0.3, -0.25) is 5.32 Å². The molecule has 0 spiro atoms. The van der Waals surface area contributed by atoms with Crippen molar-refractivity contribution < 1.29 is 4.42 Å². The van der Waals surface area contributed by atoms with E-state index in [1.54, 1.807) is 24.2 Å². The monoisotopic (exact) mass is 223 g/mol. The molecule has 1 aliphatic carbocycles. The molecular formula is C10H13N3OS. The molecule has 2 rings (SSSR count). The Hall–Kier alpha value is -0.990. The van der Waals surface area contributed by atoms with Crippen molar-refractivity contribution in [3.63, 3.8) is 0 Å². The average Bonchev–Trinajstić information content (AvgIpc) is 2.91. The minimum Gasteiger partial charge on any atom is -0.440 e. The lowest BCUT2D eigenvalue weighted by molar-refractivity contribution is 0.453. The molecule has 1 atom stereocenters. The van der Waals surface area contributed by atoms with Gasteiger partial charge < -0.3 is 4.42 Å². The lowest BCUT2D eigenvalue weighted by atomic mass is 10.2. The summed E-state index contributed by atoms with van der Waals surface area (Å²) < 4.78 is 5.09. The second-order valence-electron chi connectivity index (χ2n) is 3.56. The van der Waals surface area contributed by atoms with Gasteiger partial charge in [-0.05, 0) is 19.3 Å². The molecule has 0 bridgehead atoms. The maximum absolute atomic E-state index is 8.90. The first-order valence-electron chi connectivity index (χ1n) is 5.06. The van der Waals surface area contributed by atoms with Crippen molar-refractivity contribution in [3.05, 3.63) is 12.5 Å². The van der Waals surface area contributed by atoms with Gasteiger partial charge in [-0.2, -0.15) is 5.26 Å². The molecule has 1 heterocycles. The zero-order valence-corrected chi connectivity index (χ0v) is 9.17. The Morgan fingerprint density at radius 2 is 2.60 bits per heavy atom. The Morgan fingerprint density at radius 3 is 3.20 bits per heavy atom. The van der Waals surface area contributed by atoms with E-state index in [1.165, 1.54) is 12.8 Å². The smallest absolute Gasteiger partial charge is 0.255 e. The number of aromatic nitrogens is 1. The molecule has 4 nitrogen and oxygen atoms in total. The number of rotatable bonds is 6. The molecule has 0 aromatic carbocycles. The standard InChI is InChI=1S/C10H13N3OS/c11-7-9(13-8-1-2-8)3-6-15-10-12-4-5-14-10/h4-5,8-9,13H,1-3,6H2. The fraction of sp³-hybridized carbons (Fsp3) is 0.600. The van der Waals surface area contributed by atoms with Crippen molar-refractivity contribution >= 4 is 11.8 Å². The second kappa shape index (κ2) is 5.19. The normalized spacial score (nSPS) is 17.3. The molecule has 1 N–H and O–H groups in total. The third kappa shape index (κ3) is 3.57. The van der Waals surface area contributed by atoms with E-state index in [1.807, 2.05) is 0 Å². The van der Waals surface area contributed by atoms with Crippen LogP contribution in [0.5, 0.6) is 0 Å². The first-order chi connectivity index (χ1) is 7.38. The highest BCUT2D eigenvalue weighted by Gasteiger charge is 2.24. The number of nitriles is 1. The Kier molecular flexibility index (Phi) is 3.64. The number of nitrogens with one attached hydrogen (secondary N) is 1. The van der Waals surface area contributed by atoms with E-state index in [2.05, 4.69) is 16.4 Å². The first-order valence-corrected chi connectivity index (χ1v) is 6.05. The van der Waals surface area contributed by atoms with E-state index in [4.69, 9.17) is 9.68 Å². The van der Waals surface area contributed by atoms with Crippen LogP contribution in [-0.2, 0) is 0 Å². The van der Waals surface area contributed by atoms with Crippen LogP contribution in [0, 0.1) is 11.3 Å². The molecule has 1 aromatic rings. The third-order valence-corrected chi connectivity index (χ3v) is 3.10. The summed E-state index contributed by atoms with van der Waals surface area (Å²) in [6.45, 7) is 0. The molecule has 1 unspecified atom stereocenters. The van der Waals surface area contributed by atoms with Gasteiger partial charge in [0.2, 0.25) is 0 Å². The molecule has 0 aliphatic heterocycles. The molecule has 80 valence electrons. The van der Waals surface area contributed by atoms with Crippen LogP contribution in [0.25, 0.3) is 0 Å². The van der Waals surface area contributed by atoms with E-state index in [0.29, 0.717) is 11.3 Å². The quantitative estimate of drug-likeness (QED) is 0.745. The summed E-state index contributed by atoms with van der Waals surface area (Å²) >= 11 is 1.55. The van der Waals surface area contributed by atoms with Crippen LogP contribution in [0.4, 0.5) is 0 Å². The Bertz CT molecular complexity index is 329. The second-order valence-corrected chi connectivity index (χ2v) is 4.60. The zero-order chi connectivity index (χ0) is 10.5. The van der Waals surface area contributed by atoms with Gasteiger partial charge in [-0.1, -0.05) is 11.8 Å². The Balaban J connectivity index is 1.65. The molecule has 0 amide bonds. The van der Waals surface area contributed by atoms with Crippen molar-refractivity contribution in [2.75, 3.05) is 5.75 Å². The lowest BCUT2D eigenvalue weighted by Gasteiger charge is -2.08. The van der Waals surface area contributed by atoms with Gasteiger partial charge in [-0.25, -0.2) is 4.98 Å². The number of oxazole rings is 1. The molecule has 1 aliphatic rings. The zero-order valence-electron chi connectivity index (χ0n) is 8.35. The van der Waals surface area contributed by atoms with E-state index in [0.717, 1.165) is 12.2 Å². The fourth-order valence-electron chi connectivity index (χ4n) is 1.27. The van der Waals surface area contributed by atoms with Crippen LogP contribution in [0.1, 0.15) is 19.3 Å². The van der Waals surface area contributed by atoms with Crippen molar-refractivity contribution in [2.45, 2.75) is 36.6 Å². The van der Waals surface area contributed by atoms with E-state index < -0.39 is 0 Å². The highest BCUT2D eigenvalue weighted by Crippen LogP contribution is 2.21. The summed E-state index contributed by atoms with van der Waals surface area (Å²) in [5.41, 5.74) is 0. The van der Waals surface area contributed by atoms with Crippen LogP contribution in [0.3, 0.4) is 0 Å². The van der Waals surface area contributed by atoms with Crippen LogP contribution >= 0.6 is 11.8 Å². The fourth-order valence-corrected chi connectivity index (χ4v) is 2.05. The number of thioether (sulfide) groups is 1. The Morgan fingerprint density at radius 1 is 1.73 bits per heavy atom. The summed E-state index contributed by atoms with van der Waals surface area (Å²) in [7, 11) is 0. The predicted octanol–water partition coefficient (Wildman–Crippen LogP) is 1.80. The minimum absolute atomic E-state index is 0.0278. The van der Waals surface area contributed by atoms with E-state index in [-0.39, 0.29) is 6.04 Å². The minimum atomic E-state index is -0.0278. The third-order valence-electron chi connectivity index (χ3n) is 2.21. The molecule has 1 fully saturated rings. The summed E-state index contributed by atoms with van der Waals surface area (Å²) in [5.74, 6) is 0.860. The molecule has 5 heteroatoms. The Labute approximate surface area is 93.1 Å². The van der Waals surface area contributed by atoms with E-state index in [9.17, 15) is 0 Å². The summed E-state index contributed by atoms with van der Waals surface area (Å²) in [6, 6.07) is 2.83. The maximum atomic E-state index is 8.90. The van der Waals surface area contributed by atoms with Crippen molar-refractivity contribution in [1.29, 1.82) is 5.26 Å².